The molecule has 1 aliphatic rings. The minimum absolute atomic E-state index is 0.0181. The zero-order valence-electron chi connectivity index (χ0n) is 20.7. The number of likely N-dealkylation sites (tertiary alicyclic amines) is 1. The molecule has 2 N–H and O–H groups in total. The third-order valence-corrected chi connectivity index (χ3v) is 6.38. The molecular formula is C28H31N3O5. The Balaban J connectivity index is 1.54. The number of benzene rings is 3. The smallest absolute Gasteiger partial charge is 0.321 e. The molecule has 1 fully saturated rings. The first-order chi connectivity index (χ1) is 17.5. The molecule has 0 aliphatic carbocycles. The third kappa shape index (κ3) is 5.71. The quantitative estimate of drug-likeness (QED) is 0.488. The molecule has 188 valence electrons. The summed E-state index contributed by atoms with van der Waals surface area (Å²) in [4.78, 5) is 28.4. The Morgan fingerprint density at radius 2 is 1.47 bits per heavy atom. The molecule has 1 saturated heterocycles. The van der Waals surface area contributed by atoms with E-state index in [0.29, 0.717) is 48.1 Å². The minimum Gasteiger partial charge on any atom is -0.495 e. The van der Waals surface area contributed by atoms with Crippen molar-refractivity contribution in [3.8, 4) is 17.2 Å². The average molecular weight is 490 g/mol. The predicted molar refractivity (Wildman–Crippen MR) is 139 cm³/mol. The van der Waals surface area contributed by atoms with Crippen LogP contribution in [-0.4, -0.2) is 51.3 Å². The van der Waals surface area contributed by atoms with Crippen LogP contribution in [-0.2, 0) is 4.79 Å². The maximum atomic E-state index is 13.4. The molecule has 3 amide bonds. The summed E-state index contributed by atoms with van der Waals surface area (Å²) < 4.78 is 16.0. The number of piperidine rings is 1. The Morgan fingerprint density at radius 1 is 0.778 bits per heavy atom. The van der Waals surface area contributed by atoms with Crippen molar-refractivity contribution >= 4 is 23.3 Å². The number of methoxy groups -OCH3 is 3. The standard InChI is InChI=1S/C28H31N3O5/c1-34-24-12-8-7-11-23(24)30-28(33)31-17-20(19-9-5-4-6-10-19)15-21(18-31)27(32)29-22-13-14-25(35-2)26(16-22)36-3/h4-14,16,20-21H,15,17-18H2,1-3H3,(H,29,32)(H,30,33). The van der Waals surface area contributed by atoms with Crippen LogP contribution in [0.2, 0.25) is 0 Å². The zero-order chi connectivity index (χ0) is 25.5. The molecule has 0 radical (unpaired) electrons. The molecule has 0 saturated carbocycles. The summed E-state index contributed by atoms with van der Waals surface area (Å²) in [6, 6.07) is 22.2. The van der Waals surface area contributed by atoms with Crippen LogP contribution in [0.1, 0.15) is 17.9 Å². The molecule has 0 spiro atoms. The lowest BCUT2D eigenvalue weighted by atomic mass is 9.84. The van der Waals surface area contributed by atoms with Crippen molar-refractivity contribution in [1.29, 1.82) is 0 Å². The van der Waals surface area contributed by atoms with Gasteiger partial charge in [-0.25, -0.2) is 4.79 Å². The van der Waals surface area contributed by atoms with Crippen molar-refractivity contribution in [3.63, 3.8) is 0 Å². The molecule has 36 heavy (non-hydrogen) atoms. The van der Waals surface area contributed by atoms with Gasteiger partial charge in [-0.3, -0.25) is 4.79 Å². The number of anilines is 2. The fourth-order valence-electron chi connectivity index (χ4n) is 4.52. The number of urea groups is 1. The normalized spacial score (nSPS) is 17.1. The summed E-state index contributed by atoms with van der Waals surface area (Å²) in [5, 5.41) is 5.92. The highest BCUT2D eigenvalue weighted by Crippen LogP contribution is 2.34. The average Bonchev–Trinajstić information content (AvgIpc) is 2.93. The van der Waals surface area contributed by atoms with Crippen LogP contribution in [0, 0.1) is 5.92 Å². The first-order valence-electron chi connectivity index (χ1n) is 11.8. The van der Waals surface area contributed by atoms with Crippen molar-refractivity contribution in [2.24, 2.45) is 5.92 Å². The maximum Gasteiger partial charge on any atom is 0.321 e. The number of nitrogens with zero attached hydrogens (tertiary/aromatic N) is 1. The second-order valence-corrected chi connectivity index (χ2v) is 8.63. The van der Waals surface area contributed by atoms with Crippen LogP contribution in [0.15, 0.2) is 72.8 Å². The molecular weight excluding hydrogens is 458 g/mol. The van der Waals surface area contributed by atoms with E-state index in [0.717, 1.165) is 5.56 Å². The number of rotatable bonds is 7. The van der Waals surface area contributed by atoms with E-state index in [2.05, 4.69) is 10.6 Å². The Bertz CT molecular complexity index is 1200. The lowest BCUT2D eigenvalue weighted by Crippen LogP contribution is -2.48. The first kappa shape index (κ1) is 24.9. The van der Waals surface area contributed by atoms with Gasteiger partial charge in [-0.15, -0.1) is 0 Å². The number of carbonyl (C=O) groups is 2. The Hall–Kier alpha value is -4.20. The molecule has 0 bridgehead atoms. The van der Waals surface area contributed by atoms with Gasteiger partial charge in [0.2, 0.25) is 5.91 Å². The Morgan fingerprint density at radius 3 is 2.19 bits per heavy atom. The van der Waals surface area contributed by atoms with Crippen molar-refractivity contribution < 1.29 is 23.8 Å². The van der Waals surface area contributed by atoms with Crippen molar-refractivity contribution in [2.45, 2.75) is 12.3 Å². The van der Waals surface area contributed by atoms with Gasteiger partial charge in [-0.1, -0.05) is 42.5 Å². The monoisotopic (exact) mass is 489 g/mol. The van der Waals surface area contributed by atoms with E-state index in [4.69, 9.17) is 14.2 Å². The topological polar surface area (TPSA) is 89.1 Å². The lowest BCUT2D eigenvalue weighted by Gasteiger charge is -2.37. The van der Waals surface area contributed by atoms with Gasteiger partial charge in [-0.2, -0.15) is 0 Å². The number of amides is 3. The number of nitrogens with one attached hydrogen (secondary N) is 2. The van der Waals surface area contributed by atoms with E-state index in [1.165, 1.54) is 0 Å². The number of hydrogen-bond acceptors (Lipinski definition) is 5. The molecule has 2 atom stereocenters. The highest BCUT2D eigenvalue weighted by Gasteiger charge is 2.35. The highest BCUT2D eigenvalue weighted by molar-refractivity contribution is 5.95. The number of hydrogen-bond donors (Lipinski definition) is 2. The molecule has 2 unspecified atom stereocenters. The molecule has 3 aromatic rings. The highest BCUT2D eigenvalue weighted by atomic mass is 16.5. The molecule has 4 rings (SSSR count). The molecule has 3 aromatic carbocycles. The van der Waals surface area contributed by atoms with Gasteiger partial charge in [0.05, 0.1) is 32.9 Å². The van der Waals surface area contributed by atoms with Crippen LogP contribution in [0.5, 0.6) is 17.2 Å². The molecule has 8 nitrogen and oxygen atoms in total. The molecule has 1 aliphatic heterocycles. The van der Waals surface area contributed by atoms with Crippen LogP contribution in [0.25, 0.3) is 0 Å². The van der Waals surface area contributed by atoms with Crippen LogP contribution in [0.3, 0.4) is 0 Å². The second-order valence-electron chi connectivity index (χ2n) is 8.63. The summed E-state index contributed by atoms with van der Waals surface area (Å²) in [6.45, 7) is 0.800. The van der Waals surface area contributed by atoms with Gasteiger partial charge in [-0.05, 0) is 36.2 Å². The van der Waals surface area contributed by atoms with Gasteiger partial charge in [0.15, 0.2) is 11.5 Å². The summed E-state index contributed by atoms with van der Waals surface area (Å²) in [5.41, 5.74) is 2.28. The van der Waals surface area contributed by atoms with E-state index < -0.39 is 5.92 Å². The Kier molecular flexibility index (Phi) is 7.95. The summed E-state index contributed by atoms with van der Waals surface area (Å²) in [7, 11) is 4.67. The van der Waals surface area contributed by atoms with Crippen molar-refractivity contribution in [2.75, 3.05) is 45.1 Å². The van der Waals surface area contributed by atoms with Gasteiger partial charge in [0.1, 0.15) is 5.75 Å². The number of para-hydroxylation sites is 2. The van der Waals surface area contributed by atoms with Crippen LogP contribution >= 0.6 is 0 Å². The van der Waals surface area contributed by atoms with E-state index in [9.17, 15) is 9.59 Å². The predicted octanol–water partition coefficient (Wildman–Crippen LogP) is 4.99. The fraction of sp³-hybridized carbons (Fsp3) is 0.286. The van der Waals surface area contributed by atoms with Gasteiger partial charge in [0.25, 0.3) is 0 Å². The van der Waals surface area contributed by atoms with Gasteiger partial charge >= 0.3 is 6.03 Å². The first-order valence-corrected chi connectivity index (χ1v) is 11.8. The maximum absolute atomic E-state index is 13.4. The fourth-order valence-corrected chi connectivity index (χ4v) is 4.52. The summed E-state index contributed by atoms with van der Waals surface area (Å²) >= 11 is 0. The largest absolute Gasteiger partial charge is 0.495 e. The van der Waals surface area contributed by atoms with Crippen molar-refractivity contribution in [3.05, 3.63) is 78.4 Å². The van der Waals surface area contributed by atoms with Crippen LogP contribution < -0.4 is 24.8 Å². The van der Waals surface area contributed by atoms with E-state index in [-0.39, 0.29) is 17.9 Å². The second kappa shape index (κ2) is 11.5. The van der Waals surface area contributed by atoms with E-state index in [1.54, 1.807) is 56.6 Å². The summed E-state index contributed by atoms with van der Waals surface area (Å²) in [6.07, 6.45) is 0.627. The lowest BCUT2D eigenvalue weighted by molar-refractivity contribution is -0.121. The molecule has 1 heterocycles. The summed E-state index contributed by atoms with van der Waals surface area (Å²) in [5.74, 6) is 1.14. The number of carbonyl (C=O) groups excluding carboxylic acids is 2. The molecule has 0 aromatic heterocycles. The SMILES string of the molecule is COc1ccccc1NC(=O)N1CC(C(=O)Nc2ccc(OC)c(OC)c2)CC(c2ccccc2)C1. The van der Waals surface area contributed by atoms with E-state index in [1.807, 2.05) is 42.5 Å². The van der Waals surface area contributed by atoms with E-state index >= 15 is 0 Å². The number of ether oxygens (including phenoxy) is 3. The van der Waals surface area contributed by atoms with Crippen molar-refractivity contribution in [1.82, 2.24) is 4.90 Å². The third-order valence-electron chi connectivity index (χ3n) is 6.38. The molecule has 8 heteroatoms. The van der Waals surface area contributed by atoms with Gasteiger partial charge < -0.3 is 29.7 Å². The minimum atomic E-state index is -0.402. The van der Waals surface area contributed by atoms with Crippen LogP contribution in [0.4, 0.5) is 16.2 Å². The Labute approximate surface area is 211 Å². The van der Waals surface area contributed by atoms with Gasteiger partial charge in [0, 0.05) is 30.8 Å². The zero-order valence-corrected chi connectivity index (χ0v) is 20.7.